The Morgan fingerprint density at radius 3 is 2.29 bits per heavy atom. The number of carbonyl (C=O) groups is 4. The van der Waals surface area contributed by atoms with Gasteiger partial charge in [0.1, 0.15) is 5.70 Å². The van der Waals surface area contributed by atoms with Gasteiger partial charge >= 0.3 is 5.97 Å². The van der Waals surface area contributed by atoms with Crippen molar-refractivity contribution in [2.24, 2.45) is 0 Å². The summed E-state index contributed by atoms with van der Waals surface area (Å²) in [6.07, 6.45) is 1.23. The SMILES string of the molecule is CC(Sc1cccc(NC(=O)/C(=C\c2ccccc2[N+](=O)[O-])NC(=O)c2ccccc2)c1)C(=O)Nc1ccc(Cl)c(C(=O)O)c1. The Kier molecular flexibility index (Phi) is 10.7. The Hall–Kier alpha value is -5.46. The van der Waals surface area contributed by atoms with E-state index in [2.05, 4.69) is 16.0 Å². The van der Waals surface area contributed by atoms with Gasteiger partial charge in [-0.3, -0.25) is 24.5 Å². The molecule has 4 aromatic rings. The maximum atomic E-state index is 13.4. The van der Waals surface area contributed by atoms with Crippen LogP contribution in [0.5, 0.6) is 0 Å². The van der Waals surface area contributed by atoms with Crippen LogP contribution in [0.1, 0.15) is 33.2 Å². The summed E-state index contributed by atoms with van der Waals surface area (Å²) in [5.74, 6) is -2.94. The highest BCUT2D eigenvalue weighted by Gasteiger charge is 2.20. The van der Waals surface area contributed by atoms with Gasteiger partial charge in [-0.2, -0.15) is 0 Å². The van der Waals surface area contributed by atoms with Crippen molar-refractivity contribution in [3.05, 3.63) is 135 Å². The molecule has 0 saturated heterocycles. The van der Waals surface area contributed by atoms with Gasteiger partial charge in [0.2, 0.25) is 5.91 Å². The van der Waals surface area contributed by atoms with Crippen LogP contribution < -0.4 is 16.0 Å². The predicted molar refractivity (Wildman–Crippen MR) is 172 cm³/mol. The molecule has 45 heavy (non-hydrogen) atoms. The molecule has 1 atom stereocenters. The average Bonchev–Trinajstić information content (AvgIpc) is 3.02. The predicted octanol–water partition coefficient (Wildman–Crippen LogP) is 6.48. The minimum absolute atomic E-state index is 0.0430. The van der Waals surface area contributed by atoms with Crippen LogP contribution in [0.15, 0.2) is 108 Å². The number of nitro benzene ring substituents is 1. The highest BCUT2D eigenvalue weighted by atomic mass is 35.5. The van der Waals surface area contributed by atoms with Gasteiger partial charge in [-0.1, -0.05) is 48.0 Å². The molecule has 4 N–H and O–H groups in total. The van der Waals surface area contributed by atoms with Crippen molar-refractivity contribution >= 4 is 70.2 Å². The number of hydrogen-bond donors (Lipinski definition) is 4. The summed E-state index contributed by atoms with van der Waals surface area (Å²) in [7, 11) is 0. The second-order valence-corrected chi connectivity index (χ2v) is 11.2. The van der Waals surface area contributed by atoms with E-state index >= 15 is 0 Å². The van der Waals surface area contributed by atoms with Crippen LogP contribution in [0.2, 0.25) is 5.02 Å². The van der Waals surface area contributed by atoms with Crippen molar-refractivity contribution in [2.45, 2.75) is 17.1 Å². The molecule has 0 radical (unpaired) electrons. The minimum atomic E-state index is -1.22. The Balaban J connectivity index is 1.51. The van der Waals surface area contributed by atoms with E-state index in [9.17, 15) is 34.4 Å². The summed E-state index contributed by atoms with van der Waals surface area (Å²) in [6, 6.07) is 24.7. The number of rotatable bonds is 11. The summed E-state index contributed by atoms with van der Waals surface area (Å²) in [6.45, 7) is 1.66. The van der Waals surface area contributed by atoms with E-state index in [1.807, 2.05) is 0 Å². The van der Waals surface area contributed by atoms with Gasteiger partial charge < -0.3 is 21.1 Å². The van der Waals surface area contributed by atoms with Crippen LogP contribution in [-0.2, 0) is 9.59 Å². The highest BCUT2D eigenvalue weighted by Crippen LogP contribution is 2.28. The third-order valence-corrected chi connectivity index (χ3v) is 7.62. The third kappa shape index (κ3) is 8.78. The van der Waals surface area contributed by atoms with Crippen LogP contribution in [0, 0.1) is 10.1 Å². The van der Waals surface area contributed by atoms with E-state index in [1.54, 1.807) is 67.6 Å². The minimum Gasteiger partial charge on any atom is -0.478 e. The Morgan fingerprint density at radius 1 is 0.889 bits per heavy atom. The normalized spacial score (nSPS) is 11.6. The van der Waals surface area contributed by atoms with Crippen molar-refractivity contribution in [1.82, 2.24) is 5.32 Å². The summed E-state index contributed by atoms with van der Waals surface area (Å²) >= 11 is 7.09. The Labute approximate surface area is 266 Å². The van der Waals surface area contributed by atoms with Crippen LogP contribution in [0.4, 0.5) is 17.1 Å². The van der Waals surface area contributed by atoms with Gasteiger partial charge in [0, 0.05) is 27.9 Å². The highest BCUT2D eigenvalue weighted by molar-refractivity contribution is 8.00. The lowest BCUT2D eigenvalue weighted by molar-refractivity contribution is -0.385. The second kappa shape index (κ2) is 14.8. The largest absolute Gasteiger partial charge is 0.478 e. The maximum absolute atomic E-state index is 13.4. The number of carboxylic acids is 1. The van der Waals surface area contributed by atoms with Crippen LogP contribution >= 0.6 is 23.4 Å². The molecule has 4 aromatic carbocycles. The molecule has 1 unspecified atom stereocenters. The molecular formula is C32H25ClN4O7S. The van der Waals surface area contributed by atoms with E-state index in [0.717, 1.165) is 0 Å². The first kappa shape index (κ1) is 32.5. The maximum Gasteiger partial charge on any atom is 0.337 e. The molecule has 0 spiro atoms. The van der Waals surface area contributed by atoms with E-state index in [-0.39, 0.29) is 38.8 Å². The Morgan fingerprint density at radius 2 is 1.58 bits per heavy atom. The fraction of sp³-hybridized carbons (Fsp3) is 0.0625. The first-order valence-electron chi connectivity index (χ1n) is 13.2. The number of thioether (sulfide) groups is 1. The molecule has 0 aliphatic rings. The number of hydrogen-bond acceptors (Lipinski definition) is 7. The van der Waals surface area contributed by atoms with Gasteiger partial charge in [0.25, 0.3) is 17.5 Å². The number of nitrogens with one attached hydrogen (secondary N) is 3. The zero-order valence-electron chi connectivity index (χ0n) is 23.5. The fourth-order valence-corrected chi connectivity index (χ4v) is 5.11. The second-order valence-electron chi connectivity index (χ2n) is 9.43. The van der Waals surface area contributed by atoms with Gasteiger partial charge in [0.05, 0.1) is 26.3 Å². The molecule has 0 aromatic heterocycles. The molecule has 3 amide bonds. The van der Waals surface area contributed by atoms with Gasteiger partial charge in [-0.05, 0) is 67.6 Å². The number of para-hydroxylation sites is 1. The Bertz CT molecular complexity index is 1810. The summed E-state index contributed by atoms with van der Waals surface area (Å²) in [4.78, 5) is 62.1. The first-order valence-corrected chi connectivity index (χ1v) is 14.5. The molecule has 0 saturated carbocycles. The van der Waals surface area contributed by atoms with E-state index in [0.29, 0.717) is 10.6 Å². The third-order valence-electron chi connectivity index (χ3n) is 6.20. The summed E-state index contributed by atoms with van der Waals surface area (Å²) in [5, 5.41) is 28.2. The van der Waals surface area contributed by atoms with Gasteiger partial charge in [-0.15, -0.1) is 11.8 Å². The number of amides is 3. The number of nitro groups is 1. The molecule has 0 bridgehead atoms. The smallest absolute Gasteiger partial charge is 0.337 e. The number of halogens is 1. The standard InChI is InChI=1S/C32H25ClN4O7S/c1-19(29(38)34-23-14-15-26(33)25(18-23)32(41)42)45-24-12-7-11-22(17-24)35-31(40)27(36-30(39)20-8-3-2-4-9-20)16-21-10-5-6-13-28(21)37(43)44/h2-19H,1H3,(H,34,38)(H,35,40)(H,36,39)(H,41,42)/b27-16+. The van der Waals surface area contributed by atoms with Crippen molar-refractivity contribution in [1.29, 1.82) is 0 Å². The number of benzene rings is 4. The van der Waals surface area contributed by atoms with E-state index in [4.69, 9.17) is 11.6 Å². The van der Waals surface area contributed by atoms with Crippen LogP contribution in [0.25, 0.3) is 6.08 Å². The molecule has 0 heterocycles. The van der Waals surface area contributed by atoms with Crippen LogP contribution in [-0.4, -0.2) is 39.0 Å². The van der Waals surface area contributed by atoms with E-state index < -0.39 is 33.9 Å². The lowest BCUT2D eigenvalue weighted by atomic mass is 10.1. The van der Waals surface area contributed by atoms with Crippen molar-refractivity contribution in [3.63, 3.8) is 0 Å². The molecule has 0 fully saturated rings. The number of nitrogens with zero attached hydrogens (tertiary/aromatic N) is 1. The van der Waals surface area contributed by atoms with Crippen molar-refractivity contribution < 1.29 is 29.2 Å². The number of carboxylic acid groups (broad SMARTS) is 1. The lowest BCUT2D eigenvalue weighted by Crippen LogP contribution is -2.30. The topological polar surface area (TPSA) is 168 Å². The van der Waals surface area contributed by atoms with Crippen molar-refractivity contribution in [2.75, 3.05) is 10.6 Å². The molecule has 228 valence electrons. The fourth-order valence-electron chi connectivity index (χ4n) is 3.99. The first-order chi connectivity index (χ1) is 21.5. The quantitative estimate of drug-likeness (QED) is 0.0623. The number of anilines is 2. The zero-order valence-corrected chi connectivity index (χ0v) is 25.1. The lowest BCUT2D eigenvalue weighted by Gasteiger charge is -2.14. The summed E-state index contributed by atoms with van der Waals surface area (Å²) < 4.78 is 0. The van der Waals surface area contributed by atoms with Crippen molar-refractivity contribution in [3.8, 4) is 0 Å². The molecule has 11 nitrogen and oxygen atoms in total. The molecule has 13 heteroatoms. The number of aromatic carboxylic acids is 1. The molecule has 0 aliphatic heterocycles. The molecule has 0 aliphatic carbocycles. The zero-order chi connectivity index (χ0) is 32.5. The average molecular weight is 645 g/mol. The number of carbonyl (C=O) groups excluding carboxylic acids is 3. The summed E-state index contributed by atoms with van der Waals surface area (Å²) in [5.41, 5.74) is 0.374. The molecule has 4 rings (SSSR count). The van der Waals surface area contributed by atoms with E-state index in [1.165, 1.54) is 54.2 Å². The monoisotopic (exact) mass is 644 g/mol. The van der Waals surface area contributed by atoms with Gasteiger partial charge in [0.15, 0.2) is 0 Å². The van der Waals surface area contributed by atoms with Crippen LogP contribution in [0.3, 0.4) is 0 Å². The molecular weight excluding hydrogens is 620 g/mol. The van der Waals surface area contributed by atoms with Gasteiger partial charge in [-0.25, -0.2) is 4.79 Å².